The molecule has 1 N–H and O–H groups in total. The molecule has 24 heavy (non-hydrogen) atoms. The first-order valence-corrected chi connectivity index (χ1v) is 11.8. The second-order valence-electron chi connectivity index (χ2n) is 6.99. The van der Waals surface area contributed by atoms with Gasteiger partial charge in [0.25, 0.3) is 0 Å². The van der Waals surface area contributed by atoms with Crippen LogP contribution in [0.25, 0.3) is 0 Å². The van der Waals surface area contributed by atoms with Crippen molar-refractivity contribution in [2.75, 3.05) is 24.7 Å². The normalized spacial score (nSPS) is 12.6. The number of hydrogen-bond acceptors (Lipinski definition) is 3. The summed E-state index contributed by atoms with van der Waals surface area (Å²) in [6.07, 6.45) is 18.8. The van der Waals surface area contributed by atoms with Crippen LogP contribution in [0.3, 0.4) is 0 Å². The van der Waals surface area contributed by atoms with Crippen molar-refractivity contribution in [2.24, 2.45) is 0 Å². The van der Waals surface area contributed by atoms with Crippen LogP contribution in [0.5, 0.6) is 0 Å². The Bertz CT molecular complexity index is 224. The van der Waals surface area contributed by atoms with E-state index in [1.807, 2.05) is 11.8 Å². The van der Waals surface area contributed by atoms with Crippen molar-refractivity contribution in [3.8, 4) is 0 Å². The largest absolute Gasteiger partial charge is 0.394 e. The fourth-order valence-electron chi connectivity index (χ4n) is 2.84. The minimum Gasteiger partial charge on any atom is -0.394 e. The van der Waals surface area contributed by atoms with Crippen molar-refractivity contribution in [1.29, 1.82) is 0 Å². The van der Waals surface area contributed by atoms with E-state index in [4.69, 9.17) is 4.74 Å². The highest BCUT2D eigenvalue weighted by Crippen LogP contribution is 2.13. The average molecular weight is 361 g/mol. The standard InChI is InChI=1S/C21H44O2S/c1-3-5-7-9-11-12-14-16-18-24-20-21(19-22)23-17-15-13-10-8-6-4-2/h21-22H,3-20H2,1-2H3. The molecule has 0 aliphatic carbocycles. The molecular weight excluding hydrogens is 316 g/mol. The maximum Gasteiger partial charge on any atom is 0.0895 e. The summed E-state index contributed by atoms with van der Waals surface area (Å²) in [4.78, 5) is 0. The molecule has 0 bridgehead atoms. The van der Waals surface area contributed by atoms with Crippen molar-refractivity contribution in [3.05, 3.63) is 0 Å². The number of thioether (sulfide) groups is 1. The number of aliphatic hydroxyl groups is 1. The lowest BCUT2D eigenvalue weighted by Crippen LogP contribution is -2.21. The summed E-state index contributed by atoms with van der Waals surface area (Å²) >= 11 is 1.95. The molecule has 1 atom stereocenters. The van der Waals surface area contributed by atoms with Gasteiger partial charge in [0.15, 0.2) is 0 Å². The smallest absolute Gasteiger partial charge is 0.0895 e. The number of aliphatic hydroxyl groups excluding tert-OH is 1. The van der Waals surface area contributed by atoms with Crippen LogP contribution in [0.2, 0.25) is 0 Å². The van der Waals surface area contributed by atoms with Crippen LogP contribution in [0, 0.1) is 0 Å². The molecule has 0 saturated heterocycles. The molecule has 0 spiro atoms. The quantitative estimate of drug-likeness (QED) is 0.248. The lowest BCUT2D eigenvalue weighted by atomic mass is 10.1. The van der Waals surface area contributed by atoms with E-state index in [0.29, 0.717) is 0 Å². The Morgan fingerprint density at radius 2 is 1.21 bits per heavy atom. The highest BCUT2D eigenvalue weighted by molar-refractivity contribution is 7.99. The molecule has 0 fully saturated rings. The SMILES string of the molecule is CCCCCCCCCCSCC(CO)OCCCCCCCC. The van der Waals surface area contributed by atoms with E-state index in [0.717, 1.165) is 18.8 Å². The monoisotopic (exact) mass is 360 g/mol. The molecule has 0 rings (SSSR count). The lowest BCUT2D eigenvalue weighted by molar-refractivity contribution is 0.0260. The molecular formula is C21H44O2S. The molecule has 3 heteroatoms. The highest BCUT2D eigenvalue weighted by Gasteiger charge is 2.07. The number of hydrogen-bond donors (Lipinski definition) is 1. The minimum atomic E-state index is 0.0414. The molecule has 0 aliphatic rings. The Morgan fingerprint density at radius 3 is 1.75 bits per heavy atom. The van der Waals surface area contributed by atoms with Gasteiger partial charge in [-0.25, -0.2) is 0 Å². The molecule has 0 amide bonds. The number of rotatable bonds is 20. The van der Waals surface area contributed by atoms with Crippen LogP contribution in [0.1, 0.15) is 104 Å². The number of unbranched alkanes of at least 4 members (excludes halogenated alkanes) is 12. The zero-order valence-electron chi connectivity index (χ0n) is 16.6. The summed E-state index contributed by atoms with van der Waals surface area (Å²) in [6, 6.07) is 0. The van der Waals surface area contributed by atoms with Gasteiger partial charge in [-0.15, -0.1) is 0 Å². The lowest BCUT2D eigenvalue weighted by Gasteiger charge is -2.15. The van der Waals surface area contributed by atoms with Gasteiger partial charge in [-0.05, 0) is 18.6 Å². The summed E-state index contributed by atoms with van der Waals surface area (Å²) < 4.78 is 5.81. The Labute approximate surface area is 156 Å². The van der Waals surface area contributed by atoms with Crippen LogP contribution in [0.15, 0.2) is 0 Å². The van der Waals surface area contributed by atoms with Gasteiger partial charge in [0.1, 0.15) is 0 Å². The van der Waals surface area contributed by atoms with Crippen LogP contribution in [-0.4, -0.2) is 35.9 Å². The van der Waals surface area contributed by atoms with E-state index in [-0.39, 0.29) is 12.7 Å². The summed E-state index contributed by atoms with van der Waals surface area (Å²) in [5.74, 6) is 2.16. The zero-order chi connectivity index (χ0) is 17.7. The molecule has 0 saturated carbocycles. The van der Waals surface area contributed by atoms with Crippen molar-refractivity contribution < 1.29 is 9.84 Å². The van der Waals surface area contributed by atoms with E-state index in [9.17, 15) is 5.11 Å². The summed E-state index contributed by atoms with van der Waals surface area (Å²) in [5.41, 5.74) is 0. The van der Waals surface area contributed by atoms with Crippen LogP contribution in [0.4, 0.5) is 0 Å². The third kappa shape index (κ3) is 18.6. The second-order valence-corrected chi connectivity index (χ2v) is 8.14. The first-order valence-electron chi connectivity index (χ1n) is 10.6. The van der Waals surface area contributed by atoms with Crippen molar-refractivity contribution in [3.63, 3.8) is 0 Å². The van der Waals surface area contributed by atoms with Gasteiger partial charge in [-0.1, -0.05) is 90.9 Å². The predicted octanol–water partition coefficient (Wildman–Crippen LogP) is 6.60. The van der Waals surface area contributed by atoms with Crippen LogP contribution in [-0.2, 0) is 4.74 Å². The van der Waals surface area contributed by atoms with Gasteiger partial charge in [0, 0.05) is 12.4 Å². The van der Waals surface area contributed by atoms with E-state index in [1.165, 1.54) is 89.2 Å². The Balaban J connectivity index is 3.27. The molecule has 0 heterocycles. The van der Waals surface area contributed by atoms with Gasteiger partial charge in [-0.2, -0.15) is 11.8 Å². The van der Waals surface area contributed by atoms with Crippen molar-refractivity contribution >= 4 is 11.8 Å². The topological polar surface area (TPSA) is 29.5 Å². The van der Waals surface area contributed by atoms with Crippen LogP contribution < -0.4 is 0 Å². The molecule has 0 aliphatic heterocycles. The molecule has 0 aromatic heterocycles. The highest BCUT2D eigenvalue weighted by atomic mass is 32.2. The third-order valence-corrected chi connectivity index (χ3v) is 5.69. The first kappa shape index (κ1) is 24.3. The maximum atomic E-state index is 9.40. The molecule has 2 nitrogen and oxygen atoms in total. The third-order valence-electron chi connectivity index (χ3n) is 4.50. The van der Waals surface area contributed by atoms with E-state index in [2.05, 4.69) is 13.8 Å². The molecule has 146 valence electrons. The van der Waals surface area contributed by atoms with Gasteiger partial charge >= 0.3 is 0 Å². The second kappa shape index (κ2) is 21.3. The summed E-state index contributed by atoms with van der Waals surface area (Å²) in [6.45, 7) is 5.50. The molecule has 0 aromatic carbocycles. The van der Waals surface area contributed by atoms with E-state index >= 15 is 0 Å². The summed E-state index contributed by atoms with van der Waals surface area (Å²) in [7, 11) is 0. The van der Waals surface area contributed by atoms with Crippen LogP contribution >= 0.6 is 11.8 Å². The van der Waals surface area contributed by atoms with Gasteiger partial charge in [-0.3, -0.25) is 0 Å². The average Bonchev–Trinajstić information content (AvgIpc) is 2.60. The van der Waals surface area contributed by atoms with Gasteiger partial charge in [0.05, 0.1) is 12.7 Å². The molecule has 1 unspecified atom stereocenters. The fourth-order valence-corrected chi connectivity index (χ4v) is 3.88. The van der Waals surface area contributed by atoms with Crippen molar-refractivity contribution in [1.82, 2.24) is 0 Å². The molecule has 0 radical (unpaired) electrons. The molecule has 0 aromatic rings. The fraction of sp³-hybridized carbons (Fsp3) is 1.00. The van der Waals surface area contributed by atoms with Gasteiger partial charge < -0.3 is 9.84 Å². The summed E-state index contributed by atoms with van der Waals surface area (Å²) in [5, 5.41) is 9.40. The van der Waals surface area contributed by atoms with Crippen molar-refractivity contribution in [2.45, 2.75) is 110 Å². The minimum absolute atomic E-state index is 0.0414. The van der Waals surface area contributed by atoms with Gasteiger partial charge in [0.2, 0.25) is 0 Å². The first-order chi connectivity index (χ1) is 11.8. The zero-order valence-corrected chi connectivity index (χ0v) is 17.4. The van der Waals surface area contributed by atoms with E-state index in [1.54, 1.807) is 0 Å². The Morgan fingerprint density at radius 1 is 0.708 bits per heavy atom. The maximum absolute atomic E-state index is 9.40. The Kier molecular flexibility index (Phi) is 21.6. The predicted molar refractivity (Wildman–Crippen MR) is 110 cm³/mol. The van der Waals surface area contributed by atoms with E-state index < -0.39 is 0 Å². The number of ether oxygens (including phenoxy) is 1. The Hall–Kier alpha value is 0.270.